The van der Waals surface area contributed by atoms with Gasteiger partial charge in [0.15, 0.2) is 0 Å². The van der Waals surface area contributed by atoms with Crippen molar-refractivity contribution in [2.75, 3.05) is 24.3 Å². The molecule has 0 spiro atoms. The molecule has 2 aromatic rings. The number of hydrogen-bond donors (Lipinski definition) is 2. The van der Waals surface area contributed by atoms with E-state index in [4.69, 9.17) is 0 Å². The number of hydrogen-bond acceptors (Lipinski definition) is 4. The third-order valence-electron chi connectivity index (χ3n) is 3.27. The van der Waals surface area contributed by atoms with Crippen LogP contribution < -0.4 is 15.6 Å². The van der Waals surface area contributed by atoms with Crippen LogP contribution >= 0.6 is 0 Å². The molecule has 0 aliphatic rings. The quantitative estimate of drug-likeness (QED) is 0.514. The molecule has 0 saturated heterocycles. The molecule has 24 heavy (non-hydrogen) atoms. The molecule has 6 heteroatoms. The lowest BCUT2D eigenvalue weighted by molar-refractivity contribution is -0.136. The number of amides is 2. The second-order valence-electron chi connectivity index (χ2n) is 5.51. The van der Waals surface area contributed by atoms with E-state index in [-0.39, 0.29) is 0 Å². The van der Waals surface area contributed by atoms with Crippen LogP contribution in [0.3, 0.4) is 0 Å². The van der Waals surface area contributed by atoms with Crippen LogP contribution in [-0.2, 0) is 9.59 Å². The average molecular weight is 324 g/mol. The van der Waals surface area contributed by atoms with Crippen molar-refractivity contribution in [2.45, 2.75) is 6.92 Å². The molecular weight excluding hydrogens is 304 g/mol. The first-order chi connectivity index (χ1) is 11.5. The van der Waals surface area contributed by atoms with E-state index in [0.29, 0.717) is 5.69 Å². The third-order valence-corrected chi connectivity index (χ3v) is 3.27. The number of carbonyl (C=O) groups is 2. The molecule has 2 N–H and O–H groups in total. The van der Waals surface area contributed by atoms with E-state index in [1.807, 2.05) is 56.3 Å². The number of anilines is 2. The Hall–Kier alpha value is -3.15. The molecular formula is C18H20N4O2. The van der Waals surface area contributed by atoms with Gasteiger partial charge in [-0.2, -0.15) is 5.10 Å². The Balaban J connectivity index is 1.88. The van der Waals surface area contributed by atoms with Gasteiger partial charge in [-0.25, -0.2) is 5.43 Å². The fourth-order valence-corrected chi connectivity index (χ4v) is 1.99. The topological polar surface area (TPSA) is 73.8 Å². The number of carbonyl (C=O) groups excluding carboxylic acids is 2. The van der Waals surface area contributed by atoms with Gasteiger partial charge in [0.05, 0.1) is 6.21 Å². The van der Waals surface area contributed by atoms with Crippen LogP contribution in [-0.4, -0.2) is 32.1 Å². The summed E-state index contributed by atoms with van der Waals surface area (Å²) in [6.45, 7) is 1.90. The molecule has 0 bridgehead atoms. The highest BCUT2D eigenvalue weighted by atomic mass is 16.2. The number of nitrogens with zero attached hydrogens (tertiary/aromatic N) is 2. The zero-order valence-electron chi connectivity index (χ0n) is 13.9. The van der Waals surface area contributed by atoms with Crippen LogP contribution in [0, 0.1) is 6.92 Å². The summed E-state index contributed by atoms with van der Waals surface area (Å²) in [6.07, 6.45) is 1.48. The normalized spacial score (nSPS) is 10.5. The van der Waals surface area contributed by atoms with E-state index in [1.54, 1.807) is 18.2 Å². The summed E-state index contributed by atoms with van der Waals surface area (Å²) >= 11 is 0. The van der Waals surface area contributed by atoms with Crippen LogP contribution in [0.2, 0.25) is 0 Å². The molecule has 0 atom stereocenters. The van der Waals surface area contributed by atoms with Gasteiger partial charge < -0.3 is 10.2 Å². The second kappa shape index (κ2) is 7.92. The number of rotatable bonds is 4. The number of hydrazone groups is 1. The predicted molar refractivity (Wildman–Crippen MR) is 96.3 cm³/mol. The number of benzene rings is 2. The lowest BCUT2D eigenvalue weighted by Crippen LogP contribution is -2.32. The lowest BCUT2D eigenvalue weighted by Gasteiger charge is -2.11. The van der Waals surface area contributed by atoms with Crippen molar-refractivity contribution in [3.05, 3.63) is 59.7 Å². The first-order valence-electron chi connectivity index (χ1n) is 7.44. The van der Waals surface area contributed by atoms with Gasteiger partial charge in [0.25, 0.3) is 0 Å². The van der Waals surface area contributed by atoms with E-state index in [9.17, 15) is 9.59 Å². The predicted octanol–water partition coefficient (Wildman–Crippen LogP) is 2.15. The summed E-state index contributed by atoms with van der Waals surface area (Å²) in [5.74, 6) is -1.58. The van der Waals surface area contributed by atoms with Crippen molar-refractivity contribution < 1.29 is 9.59 Å². The minimum Gasteiger partial charge on any atom is -0.378 e. The standard InChI is InChI=1S/C18H20N4O2/c1-13-5-4-6-15(11-13)20-17(23)18(24)21-19-12-14-7-9-16(10-8-14)22(2)3/h4-12H,1-3H3,(H,20,23)(H,21,24)/b19-12+. The maximum Gasteiger partial charge on any atom is 0.329 e. The summed E-state index contributed by atoms with van der Waals surface area (Å²) in [5, 5.41) is 6.32. The molecule has 124 valence electrons. The van der Waals surface area contributed by atoms with Crippen LogP contribution in [0.5, 0.6) is 0 Å². The molecule has 0 radical (unpaired) electrons. The van der Waals surface area contributed by atoms with Gasteiger partial charge in [-0.3, -0.25) is 9.59 Å². The molecule has 0 unspecified atom stereocenters. The Morgan fingerprint density at radius 1 is 1.04 bits per heavy atom. The Kier molecular flexibility index (Phi) is 5.68. The van der Waals surface area contributed by atoms with Crippen molar-refractivity contribution in [1.82, 2.24) is 5.43 Å². The molecule has 2 rings (SSSR count). The van der Waals surface area contributed by atoms with Crippen LogP contribution in [0.25, 0.3) is 0 Å². The Morgan fingerprint density at radius 3 is 2.38 bits per heavy atom. The molecule has 0 aliphatic heterocycles. The summed E-state index contributed by atoms with van der Waals surface area (Å²) in [7, 11) is 3.91. The second-order valence-corrected chi connectivity index (χ2v) is 5.51. The number of aryl methyl sites for hydroxylation is 1. The Bertz CT molecular complexity index is 752. The fraction of sp³-hybridized carbons (Fsp3) is 0.167. The zero-order valence-corrected chi connectivity index (χ0v) is 13.9. The highest BCUT2D eigenvalue weighted by Gasteiger charge is 2.12. The monoisotopic (exact) mass is 324 g/mol. The SMILES string of the molecule is Cc1cccc(NC(=O)C(=O)N/N=C/c2ccc(N(C)C)cc2)c1. The summed E-state index contributed by atoms with van der Waals surface area (Å²) in [4.78, 5) is 25.5. The lowest BCUT2D eigenvalue weighted by atomic mass is 10.2. The maximum atomic E-state index is 11.8. The van der Waals surface area contributed by atoms with Gasteiger partial charge in [-0.1, -0.05) is 24.3 Å². The molecule has 0 fully saturated rings. The highest BCUT2D eigenvalue weighted by Crippen LogP contribution is 2.11. The van der Waals surface area contributed by atoms with E-state index in [2.05, 4.69) is 15.8 Å². The first-order valence-corrected chi connectivity index (χ1v) is 7.44. The molecule has 0 saturated carbocycles. The van der Waals surface area contributed by atoms with Gasteiger partial charge in [0.1, 0.15) is 0 Å². The van der Waals surface area contributed by atoms with Crippen LogP contribution in [0.15, 0.2) is 53.6 Å². The van der Waals surface area contributed by atoms with Crippen molar-refractivity contribution in [2.24, 2.45) is 5.10 Å². The fourth-order valence-electron chi connectivity index (χ4n) is 1.99. The molecule has 0 aromatic heterocycles. The summed E-state index contributed by atoms with van der Waals surface area (Å²) in [6, 6.07) is 14.8. The highest BCUT2D eigenvalue weighted by molar-refractivity contribution is 6.39. The minimum absolute atomic E-state index is 0.568. The molecule has 2 aromatic carbocycles. The maximum absolute atomic E-state index is 11.8. The molecule has 0 heterocycles. The zero-order chi connectivity index (χ0) is 17.5. The van der Waals surface area contributed by atoms with Gasteiger partial charge in [-0.15, -0.1) is 0 Å². The van der Waals surface area contributed by atoms with Crippen LogP contribution in [0.1, 0.15) is 11.1 Å². The van der Waals surface area contributed by atoms with Crippen molar-refractivity contribution in [1.29, 1.82) is 0 Å². The first kappa shape index (κ1) is 17.2. The molecule has 6 nitrogen and oxygen atoms in total. The van der Waals surface area contributed by atoms with Crippen LogP contribution in [0.4, 0.5) is 11.4 Å². The van der Waals surface area contributed by atoms with Gasteiger partial charge in [0, 0.05) is 25.5 Å². The van der Waals surface area contributed by atoms with Crippen molar-refractivity contribution >= 4 is 29.4 Å². The van der Waals surface area contributed by atoms with Gasteiger partial charge in [0.2, 0.25) is 0 Å². The van der Waals surface area contributed by atoms with Crippen molar-refractivity contribution in [3.63, 3.8) is 0 Å². The summed E-state index contributed by atoms with van der Waals surface area (Å²) < 4.78 is 0. The largest absolute Gasteiger partial charge is 0.378 e. The van der Waals surface area contributed by atoms with E-state index < -0.39 is 11.8 Å². The Labute approximate surface area is 141 Å². The van der Waals surface area contributed by atoms with E-state index >= 15 is 0 Å². The van der Waals surface area contributed by atoms with Crippen molar-refractivity contribution in [3.8, 4) is 0 Å². The van der Waals surface area contributed by atoms with E-state index in [1.165, 1.54) is 6.21 Å². The Morgan fingerprint density at radius 2 is 1.75 bits per heavy atom. The smallest absolute Gasteiger partial charge is 0.329 e. The van der Waals surface area contributed by atoms with E-state index in [0.717, 1.165) is 16.8 Å². The molecule has 0 aliphatic carbocycles. The third kappa shape index (κ3) is 4.95. The number of nitrogens with one attached hydrogen (secondary N) is 2. The van der Waals surface area contributed by atoms with Gasteiger partial charge in [-0.05, 0) is 42.3 Å². The molecule has 2 amide bonds. The van der Waals surface area contributed by atoms with Gasteiger partial charge >= 0.3 is 11.8 Å². The minimum atomic E-state index is -0.822. The average Bonchev–Trinajstić information content (AvgIpc) is 2.55. The summed E-state index contributed by atoms with van der Waals surface area (Å²) in [5.41, 5.74) is 5.66.